The number of carbonyl (C=O) groups excluding carboxylic acids is 1. The maximum absolute atomic E-state index is 13.1. The van der Waals surface area contributed by atoms with Gasteiger partial charge in [-0.25, -0.2) is 0 Å². The Morgan fingerprint density at radius 1 is 0.472 bits per heavy atom. The second-order valence-electron chi connectivity index (χ2n) is 20.4. The van der Waals surface area contributed by atoms with Crippen LogP contribution in [0.25, 0.3) is 0 Å². The van der Waals surface area contributed by atoms with Crippen LogP contribution in [-0.4, -0.2) is 142 Å². The minimum atomic E-state index is -1.71. The molecule has 11 atom stereocenters. The first-order valence-electron chi connectivity index (χ1n) is 29.1. The predicted molar refractivity (Wildman–Crippen MR) is 284 cm³/mol. The van der Waals surface area contributed by atoms with Crippen molar-refractivity contribution in [1.29, 1.82) is 0 Å². The fourth-order valence-electron chi connectivity index (χ4n) is 9.24. The molecule has 0 aromatic heterocycles. The third-order valence-corrected chi connectivity index (χ3v) is 13.9. The van der Waals surface area contributed by atoms with E-state index in [1.807, 2.05) is 0 Å². The normalized spacial score (nSPS) is 25.3. The summed E-state index contributed by atoms with van der Waals surface area (Å²) in [5.41, 5.74) is 0. The SMILES string of the molecule is CC/C=C\C/C=C\C/C=C\CCCCCCCCCCOCC(COC1OC(COC2OC(CO)C(O)C(O)C2O)C(O)C(O)C1O)OC(=O)CCCCCCCCCCCCCCCCCCCCCC. The largest absolute Gasteiger partial charge is 0.457 e. The van der Waals surface area contributed by atoms with Crippen molar-refractivity contribution in [2.45, 2.75) is 293 Å². The highest BCUT2D eigenvalue weighted by Crippen LogP contribution is 2.27. The summed E-state index contributed by atoms with van der Waals surface area (Å²) < 4.78 is 34.4. The van der Waals surface area contributed by atoms with Crippen molar-refractivity contribution in [2.24, 2.45) is 0 Å². The third kappa shape index (κ3) is 31.9. The lowest BCUT2D eigenvalue weighted by Crippen LogP contribution is -2.61. The summed E-state index contributed by atoms with van der Waals surface area (Å²) in [6.07, 6.45) is 36.3. The van der Waals surface area contributed by atoms with Gasteiger partial charge in [0.15, 0.2) is 12.6 Å². The average molecular weight is 1030 g/mol. The first kappa shape index (κ1) is 66.3. The van der Waals surface area contributed by atoms with Gasteiger partial charge in [-0.3, -0.25) is 4.79 Å². The van der Waals surface area contributed by atoms with Gasteiger partial charge in [-0.15, -0.1) is 0 Å². The van der Waals surface area contributed by atoms with E-state index in [4.69, 9.17) is 28.4 Å². The third-order valence-electron chi connectivity index (χ3n) is 13.9. The second-order valence-corrected chi connectivity index (χ2v) is 20.4. The molecule has 0 saturated carbocycles. The number of aliphatic hydroxyl groups excluding tert-OH is 7. The predicted octanol–water partition coefficient (Wildman–Crippen LogP) is 10.1. The molecule has 2 fully saturated rings. The van der Waals surface area contributed by atoms with Crippen LogP contribution in [-0.2, 0) is 33.2 Å². The van der Waals surface area contributed by atoms with Gasteiger partial charge in [0, 0.05) is 13.0 Å². The molecule has 0 aromatic carbocycles. The molecule has 14 nitrogen and oxygen atoms in total. The zero-order chi connectivity index (χ0) is 52.3. The summed E-state index contributed by atoms with van der Waals surface area (Å²) in [6, 6.07) is 0. The number of aliphatic hydroxyl groups is 7. The fraction of sp³-hybridized carbons (Fsp3) is 0.879. The molecule has 2 aliphatic rings. The Morgan fingerprint density at radius 2 is 0.903 bits per heavy atom. The van der Waals surface area contributed by atoms with Gasteiger partial charge in [-0.2, -0.15) is 0 Å². The number of hydrogen-bond donors (Lipinski definition) is 7. The van der Waals surface area contributed by atoms with Crippen molar-refractivity contribution in [2.75, 3.05) is 33.0 Å². The molecule has 72 heavy (non-hydrogen) atoms. The van der Waals surface area contributed by atoms with Crippen molar-refractivity contribution in [1.82, 2.24) is 0 Å². The van der Waals surface area contributed by atoms with Gasteiger partial charge in [-0.1, -0.05) is 211 Å². The number of esters is 1. The summed E-state index contributed by atoms with van der Waals surface area (Å²) in [5.74, 6) is -0.375. The minimum absolute atomic E-state index is 0.0592. The molecule has 0 aromatic rings. The molecule has 0 aliphatic carbocycles. The maximum Gasteiger partial charge on any atom is 0.306 e. The van der Waals surface area contributed by atoms with Crippen molar-refractivity contribution in [3.8, 4) is 0 Å². The van der Waals surface area contributed by atoms with Gasteiger partial charge in [0.05, 0.1) is 26.4 Å². The maximum atomic E-state index is 13.1. The summed E-state index contributed by atoms with van der Waals surface area (Å²) >= 11 is 0. The molecule has 11 unspecified atom stereocenters. The summed E-state index contributed by atoms with van der Waals surface area (Å²) in [7, 11) is 0. The van der Waals surface area contributed by atoms with E-state index in [0.717, 1.165) is 64.2 Å². The van der Waals surface area contributed by atoms with Crippen LogP contribution in [0.2, 0.25) is 0 Å². The number of rotatable bonds is 47. The Balaban J connectivity index is 1.71. The molecule has 2 aliphatic heterocycles. The van der Waals surface area contributed by atoms with Gasteiger partial charge < -0.3 is 64.2 Å². The molecule has 0 radical (unpaired) electrons. The molecular formula is C58H106O14. The van der Waals surface area contributed by atoms with Crippen LogP contribution in [0.1, 0.15) is 226 Å². The molecule has 422 valence electrons. The van der Waals surface area contributed by atoms with Gasteiger partial charge in [-0.05, 0) is 44.9 Å². The number of unbranched alkanes of at least 4 members (excludes halogenated alkanes) is 27. The van der Waals surface area contributed by atoms with E-state index in [0.29, 0.717) is 13.0 Å². The Bertz CT molecular complexity index is 1330. The molecule has 0 spiro atoms. The minimum Gasteiger partial charge on any atom is -0.457 e. The van der Waals surface area contributed by atoms with E-state index in [2.05, 4.69) is 50.3 Å². The van der Waals surface area contributed by atoms with E-state index in [1.54, 1.807) is 0 Å². The molecule has 2 saturated heterocycles. The summed E-state index contributed by atoms with van der Waals surface area (Å²) in [6.45, 7) is 3.60. The molecule has 2 heterocycles. The Morgan fingerprint density at radius 3 is 1.42 bits per heavy atom. The topological polar surface area (TPSA) is 214 Å². The standard InChI is InChI=1S/C58H106O14/c1-3-5-7-9-11-13-15-17-19-21-23-24-25-27-29-31-33-35-37-39-41-50(60)70-47(44-67-42-40-38-36-34-32-30-28-26-22-20-18-16-14-12-10-8-6-4-2)45-68-57-56(66)54(64)52(62)49(72-57)46-69-58-55(65)53(63)51(61)48(43-59)71-58/h6,8,12,14,18,20,47-49,51-59,61-66H,3-5,7,9-11,13,15-17,19,21-46H2,1-2H3/b8-6-,14-12-,20-18-. The lowest BCUT2D eigenvalue weighted by Gasteiger charge is -2.42. The van der Waals surface area contributed by atoms with E-state index in [9.17, 15) is 40.5 Å². The van der Waals surface area contributed by atoms with E-state index < -0.39 is 80.7 Å². The molecule has 0 bridgehead atoms. The molecular weight excluding hydrogens is 921 g/mol. The number of carbonyl (C=O) groups is 1. The summed E-state index contributed by atoms with van der Waals surface area (Å²) in [5, 5.41) is 72.3. The van der Waals surface area contributed by atoms with Gasteiger partial charge in [0.2, 0.25) is 0 Å². The number of ether oxygens (including phenoxy) is 6. The van der Waals surface area contributed by atoms with Crippen LogP contribution in [0.3, 0.4) is 0 Å². The average Bonchev–Trinajstić information content (AvgIpc) is 3.38. The highest BCUT2D eigenvalue weighted by atomic mass is 16.7. The van der Waals surface area contributed by atoms with Crippen molar-refractivity contribution in [3.05, 3.63) is 36.5 Å². The van der Waals surface area contributed by atoms with Crippen LogP contribution >= 0.6 is 0 Å². The molecule has 7 N–H and O–H groups in total. The van der Waals surface area contributed by atoms with Crippen molar-refractivity contribution >= 4 is 5.97 Å². The highest BCUT2D eigenvalue weighted by molar-refractivity contribution is 5.69. The number of allylic oxidation sites excluding steroid dienone is 6. The zero-order valence-corrected chi connectivity index (χ0v) is 45.2. The second kappa shape index (κ2) is 45.4. The Hall–Kier alpha value is -1.79. The van der Waals surface area contributed by atoms with Crippen LogP contribution in [0.5, 0.6) is 0 Å². The van der Waals surface area contributed by atoms with E-state index >= 15 is 0 Å². The van der Waals surface area contributed by atoms with Crippen LogP contribution in [0.4, 0.5) is 0 Å². The van der Waals surface area contributed by atoms with Gasteiger partial charge >= 0.3 is 5.97 Å². The number of hydrogen-bond acceptors (Lipinski definition) is 14. The lowest BCUT2D eigenvalue weighted by molar-refractivity contribution is -0.332. The van der Waals surface area contributed by atoms with Crippen molar-refractivity contribution < 1.29 is 69.0 Å². The lowest BCUT2D eigenvalue weighted by atomic mass is 9.98. The Kier molecular flexibility index (Phi) is 41.8. The highest BCUT2D eigenvalue weighted by Gasteiger charge is 2.47. The first-order valence-corrected chi connectivity index (χ1v) is 29.1. The summed E-state index contributed by atoms with van der Waals surface area (Å²) in [4.78, 5) is 13.1. The van der Waals surface area contributed by atoms with E-state index in [1.165, 1.54) is 135 Å². The zero-order valence-electron chi connectivity index (χ0n) is 45.2. The van der Waals surface area contributed by atoms with Crippen LogP contribution in [0.15, 0.2) is 36.5 Å². The molecule has 0 amide bonds. The van der Waals surface area contributed by atoms with Crippen LogP contribution in [0, 0.1) is 0 Å². The monoisotopic (exact) mass is 1030 g/mol. The molecule has 14 heteroatoms. The Labute approximate surface area is 436 Å². The quantitative estimate of drug-likeness (QED) is 0.0172. The van der Waals surface area contributed by atoms with E-state index in [-0.39, 0.29) is 25.6 Å². The molecule has 2 rings (SSSR count). The van der Waals surface area contributed by atoms with Gasteiger partial charge in [0.25, 0.3) is 0 Å². The van der Waals surface area contributed by atoms with Gasteiger partial charge in [0.1, 0.15) is 54.9 Å². The smallest absolute Gasteiger partial charge is 0.306 e. The fourth-order valence-corrected chi connectivity index (χ4v) is 9.24. The van der Waals surface area contributed by atoms with Crippen molar-refractivity contribution in [3.63, 3.8) is 0 Å². The van der Waals surface area contributed by atoms with Crippen LogP contribution < -0.4 is 0 Å². The first-order chi connectivity index (χ1) is 35.1.